The van der Waals surface area contributed by atoms with Crippen LogP contribution in [0.15, 0.2) is 0 Å². The molecule has 0 amide bonds. The number of fused-ring (bicyclic) bond motifs is 2. The molecule has 0 aromatic rings. The monoisotopic (exact) mass is 403 g/mol. The molecule has 1 aliphatic carbocycles. The standard InChI is InChI=1S/C16H30N3O7.Al/c1-7-5-15(22,6-17-2)16(23)14(24-7)25-13-11(21)8(18-3)10(20)9(19-4)12(13)26-16;/h7-14,17-23H,2,5-6H2,1,3-4H3;/t7-,8-,9+,10+,11+,12-,13-,14+,15-,16-;/m1./s1. The van der Waals surface area contributed by atoms with Gasteiger partial charge >= 0.3 is 0 Å². The highest BCUT2D eigenvalue weighted by Crippen LogP contribution is 2.46. The lowest BCUT2D eigenvalue weighted by molar-refractivity contribution is -0.482. The van der Waals surface area contributed by atoms with Crippen LogP contribution in [-0.2, 0) is 14.2 Å². The lowest BCUT2D eigenvalue weighted by Crippen LogP contribution is -2.81. The first-order valence-corrected chi connectivity index (χ1v) is 10.1. The topological polar surface area (TPSA) is 145 Å². The predicted molar refractivity (Wildman–Crippen MR) is 94.9 cm³/mol. The van der Waals surface area contributed by atoms with Crippen LogP contribution in [0.4, 0.5) is 0 Å². The molecule has 2 aliphatic heterocycles. The van der Waals surface area contributed by atoms with E-state index in [1.54, 1.807) is 21.0 Å². The molecule has 0 bridgehead atoms. The molecule has 1 saturated carbocycles. The number of aliphatic hydroxyl groups is 4. The summed E-state index contributed by atoms with van der Waals surface area (Å²) >= 11 is 2.49. The third kappa shape index (κ3) is 3.48. The van der Waals surface area contributed by atoms with Crippen LogP contribution in [-0.4, -0.2) is 123 Å². The number of likely N-dealkylation sites (N-methyl/N-ethyl adjacent to an activating group) is 2. The lowest BCUT2D eigenvalue weighted by Gasteiger charge is -2.60. The van der Waals surface area contributed by atoms with Crippen molar-refractivity contribution in [3.63, 3.8) is 0 Å². The molecule has 154 valence electrons. The number of hydrogen-bond donors (Lipinski definition) is 7. The summed E-state index contributed by atoms with van der Waals surface area (Å²) in [5.41, 5.74) is -1.68. The molecule has 3 fully saturated rings. The first-order valence-electron chi connectivity index (χ1n) is 9.27. The van der Waals surface area contributed by atoms with Gasteiger partial charge in [0.2, 0.25) is 12.1 Å². The highest BCUT2D eigenvalue weighted by atomic mass is 27.0. The fourth-order valence-electron chi connectivity index (χ4n) is 4.51. The summed E-state index contributed by atoms with van der Waals surface area (Å²) in [6, 6.07) is -1.30. The highest BCUT2D eigenvalue weighted by Gasteiger charge is 2.68. The maximum atomic E-state index is 11.3. The first-order chi connectivity index (χ1) is 12.7. The van der Waals surface area contributed by atoms with E-state index in [4.69, 9.17) is 14.2 Å². The second kappa shape index (κ2) is 8.10. The molecular formula is C16H30AlN3O7. The molecule has 2 radical (unpaired) electrons. The van der Waals surface area contributed by atoms with Crippen LogP contribution in [0, 0.1) is 0 Å². The Bertz CT molecular complexity index is 534. The Morgan fingerprint density at radius 1 is 1.04 bits per heavy atom. The van der Waals surface area contributed by atoms with Gasteiger partial charge in [0.1, 0.15) is 40.2 Å². The van der Waals surface area contributed by atoms with E-state index in [0.29, 0.717) is 5.41 Å². The Balaban J connectivity index is 1.94. The van der Waals surface area contributed by atoms with Crippen molar-refractivity contribution < 1.29 is 34.6 Å². The summed E-state index contributed by atoms with van der Waals surface area (Å²) < 4.78 is 17.6. The lowest BCUT2D eigenvalue weighted by atomic mass is 9.77. The number of ether oxygens (including phenoxy) is 3. The van der Waals surface area contributed by atoms with Gasteiger partial charge in [0.05, 0.1) is 24.3 Å². The van der Waals surface area contributed by atoms with E-state index in [0.717, 1.165) is 0 Å². The van der Waals surface area contributed by atoms with Gasteiger partial charge < -0.3 is 50.6 Å². The van der Waals surface area contributed by atoms with Gasteiger partial charge in [-0.25, -0.2) is 0 Å². The average Bonchev–Trinajstić information content (AvgIpc) is 2.61. The molecule has 11 heteroatoms. The zero-order chi connectivity index (χ0) is 20.0. The molecule has 2 heterocycles. The van der Waals surface area contributed by atoms with Crippen LogP contribution in [0.3, 0.4) is 0 Å². The Hall–Kier alpha value is 0.132. The summed E-state index contributed by atoms with van der Waals surface area (Å²) in [6.45, 7) is 1.83. The van der Waals surface area contributed by atoms with Gasteiger partial charge in [-0.15, -0.1) is 0 Å². The van der Waals surface area contributed by atoms with Gasteiger partial charge in [-0.1, -0.05) is 5.41 Å². The molecule has 10 atom stereocenters. The number of hydrogen-bond acceptors (Lipinski definition) is 10. The molecule has 3 rings (SSSR count). The Kier molecular flexibility index (Phi) is 6.55. The third-order valence-electron chi connectivity index (χ3n) is 5.91. The van der Waals surface area contributed by atoms with Crippen molar-refractivity contribution in [1.82, 2.24) is 16.0 Å². The van der Waals surface area contributed by atoms with E-state index >= 15 is 0 Å². The minimum Gasteiger partial charge on any atom is -0.390 e. The second-order valence-electron chi connectivity index (χ2n) is 7.63. The second-order valence-corrected chi connectivity index (χ2v) is 8.04. The molecule has 3 aliphatic rings. The normalized spacial score (nSPS) is 52.9. The van der Waals surface area contributed by atoms with Gasteiger partial charge in [0.15, 0.2) is 0 Å². The summed E-state index contributed by atoms with van der Waals surface area (Å²) in [4.78, 5) is 0. The molecule has 0 aromatic carbocycles. The fraction of sp³-hybridized carbons (Fsp3) is 1.00. The Morgan fingerprint density at radius 2 is 1.70 bits per heavy atom. The molecule has 10 nitrogen and oxygen atoms in total. The van der Waals surface area contributed by atoms with E-state index in [2.05, 4.69) is 32.2 Å². The van der Waals surface area contributed by atoms with Gasteiger partial charge in [-0.05, 0) is 21.0 Å². The van der Waals surface area contributed by atoms with Crippen molar-refractivity contribution >= 4 is 16.3 Å². The highest BCUT2D eigenvalue weighted by molar-refractivity contribution is 6.08. The molecule has 7 N–H and O–H groups in total. The fourth-order valence-corrected chi connectivity index (χ4v) is 4.65. The number of rotatable bonds is 5. The third-order valence-corrected chi connectivity index (χ3v) is 6.20. The average molecular weight is 403 g/mol. The van der Waals surface area contributed by atoms with Crippen molar-refractivity contribution in [3.05, 3.63) is 0 Å². The van der Waals surface area contributed by atoms with Crippen LogP contribution in [0.5, 0.6) is 0 Å². The van der Waals surface area contributed by atoms with Crippen molar-refractivity contribution in [1.29, 1.82) is 0 Å². The first kappa shape index (κ1) is 21.8. The maximum Gasteiger partial charge on any atom is 0.249 e. The molecule has 2 saturated heterocycles. The van der Waals surface area contributed by atoms with E-state index in [1.165, 1.54) is 0 Å². The summed E-state index contributed by atoms with van der Waals surface area (Å²) in [7, 11) is 3.28. The Labute approximate surface area is 167 Å². The van der Waals surface area contributed by atoms with Crippen molar-refractivity contribution in [3.8, 4) is 0 Å². The van der Waals surface area contributed by atoms with Gasteiger partial charge in [-0.3, -0.25) is 0 Å². The van der Waals surface area contributed by atoms with E-state index in [1.807, 2.05) is 0 Å². The van der Waals surface area contributed by atoms with Crippen LogP contribution in [0.1, 0.15) is 13.3 Å². The van der Waals surface area contributed by atoms with Crippen molar-refractivity contribution in [2.75, 3.05) is 26.0 Å². The minimum absolute atomic E-state index is 0.0619. The quantitative estimate of drug-likeness (QED) is 0.227. The van der Waals surface area contributed by atoms with Crippen LogP contribution >= 0.6 is 0 Å². The SMILES string of the molecule is CN[C@@H]1[C@H](O)[C@H](NC)[C@H]2O[C@]3(O)[C@H](O[C@@H]2[C@H]1O)O[C@H](C)C[C@@]3(O)CN[CH2][Al]. The zero-order valence-corrected chi connectivity index (χ0v) is 17.0. The van der Waals surface area contributed by atoms with Gasteiger partial charge in [-0.2, -0.15) is 0 Å². The molecular weight excluding hydrogens is 373 g/mol. The van der Waals surface area contributed by atoms with Crippen LogP contribution in [0.2, 0.25) is 0 Å². The minimum atomic E-state index is -2.16. The summed E-state index contributed by atoms with van der Waals surface area (Å²) in [6.07, 6.45) is -5.39. The smallest absolute Gasteiger partial charge is 0.249 e. The molecule has 0 aromatic heterocycles. The molecule has 27 heavy (non-hydrogen) atoms. The van der Waals surface area contributed by atoms with E-state index < -0.39 is 60.3 Å². The van der Waals surface area contributed by atoms with Crippen molar-refractivity contribution in [2.45, 2.75) is 73.6 Å². The van der Waals surface area contributed by atoms with Crippen molar-refractivity contribution in [2.24, 2.45) is 0 Å². The zero-order valence-electron chi connectivity index (χ0n) is 15.8. The molecule has 0 spiro atoms. The summed E-state index contributed by atoms with van der Waals surface area (Å²) in [5, 5.41) is 53.3. The summed E-state index contributed by atoms with van der Waals surface area (Å²) in [5.74, 6) is -2.16. The van der Waals surface area contributed by atoms with Gasteiger partial charge in [0, 0.05) is 13.0 Å². The molecule has 0 unspecified atom stereocenters. The Morgan fingerprint density at radius 3 is 2.30 bits per heavy atom. The largest absolute Gasteiger partial charge is 0.390 e. The van der Waals surface area contributed by atoms with Crippen LogP contribution < -0.4 is 16.0 Å². The van der Waals surface area contributed by atoms with Crippen LogP contribution in [0.25, 0.3) is 0 Å². The number of aliphatic hydroxyl groups excluding tert-OH is 2. The predicted octanol–water partition coefficient (Wildman–Crippen LogP) is -4.05. The van der Waals surface area contributed by atoms with E-state index in [-0.39, 0.29) is 13.0 Å². The van der Waals surface area contributed by atoms with Gasteiger partial charge in [0.25, 0.3) is 0 Å². The maximum absolute atomic E-state index is 11.3. The van der Waals surface area contributed by atoms with E-state index in [9.17, 15) is 20.4 Å². The number of nitrogens with one attached hydrogen (secondary N) is 3.